The molecule has 0 spiro atoms. The molecule has 2 aromatic rings. The molecule has 0 saturated heterocycles. The van der Waals surface area contributed by atoms with Crippen LogP contribution in [-0.2, 0) is 26.1 Å². The van der Waals surface area contributed by atoms with E-state index in [0.29, 0.717) is 10.0 Å². The minimum atomic E-state index is -3.96. The van der Waals surface area contributed by atoms with Gasteiger partial charge in [-0.15, -0.1) is 0 Å². The van der Waals surface area contributed by atoms with Gasteiger partial charge >= 0.3 is 16.1 Å². The summed E-state index contributed by atoms with van der Waals surface area (Å²) >= 11 is 6.46. The first kappa shape index (κ1) is 18.0. The van der Waals surface area contributed by atoms with Crippen molar-refractivity contribution in [3.63, 3.8) is 0 Å². The standard InChI is InChI=1S/C15H12Br2O5S/c1-21-15(18)8-10-2-5-12(6-3-10)22-23(19,20)14-7-4-11(16)9-13(14)17/h2-7,9H,8H2,1H3. The Hall–Kier alpha value is -1.38. The Labute approximate surface area is 151 Å². The lowest BCUT2D eigenvalue weighted by Crippen LogP contribution is -2.10. The Morgan fingerprint density at radius 2 is 1.74 bits per heavy atom. The molecule has 8 heteroatoms. The highest BCUT2D eigenvalue weighted by molar-refractivity contribution is 9.11. The van der Waals surface area contributed by atoms with Gasteiger partial charge in [-0.2, -0.15) is 8.42 Å². The summed E-state index contributed by atoms with van der Waals surface area (Å²) in [4.78, 5) is 11.2. The molecule has 0 heterocycles. The average Bonchev–Trinajstić information content (AvgIpc) is 2.48. The lowest BCUT2D eigenvalue weighted by atomic mass is 10.1. The van der Waals surface area contributed by atoms with Gasteiger partial charge in [0.05, 0.1) is 13.5 Å². The van der Waals surface area contributed by atoms with Crippen molar-refractivity contribution in [2.45, 2.75) is 11.3 Å². The summed E-state index contributed by atoms with van der Waals surface area (Å²) in [7, 11) is -2.65. The number of hydrogen-bond acceptors (Lipinski definition) is 5. The van der Waals surface area contributed by atoms with Crippen LogP contribution in [0.4, 0.5) is 0 Å². The Kier molecular flexibility index (Phi) is 5.83. The summed E-state index contributed by atoms with van der Waals surface area (Å²) in [6.45, 7) is 0. The van der Waals surface area contributed by atoms with E-state index in [0.717, 1.165) is 4.47 Å². The van der Waals surface area contributed by atoms with Crippen LogP contribution in [0.25, 0.3) is 0 Å². The number of rotatable bonds is 5. The molecule has 0 amide bonds. The van der Waals surface area contributed by atoms with E-state index in [1.165, 1.54) is 25.3 Å². The van der Waals surface area contributed by atoms with Crippen LogP contribution in [0.2, 0.25) is 0 Å². The average molecular weight is 464 g/mol. The fourth-order valence-electron chi connectivity index (χ4n) is 1.75. The molecule has 0 aromatic heterocycles. The number of carbonyl (C=O) groups excluding carboxylic acids is 1. The maximum Gasteiger partial charge on any atom is 0.340 e. The Balaban J connectivity index is 2.19. The van der Waals surface area contributed by atoms with Gasteiger partial charge in [0.1, 0.15) is 10.6 Å². The topological polar surface area (TPSA) is 69.7 Å². The van der Waals surface area contributed by atoms with Crippen molar-refractivity contribution in [3.05, 3.63) is 57.0 Å². The highest BCUT2D eigenvalue weighted by Gasteiger charge is 2.20. The molecule has 0 radical (unpaired) electrons. The fraction of sp³-hybridized carbons (Fsp3) is 0.133. The molecule has 0 bridgehead atoms. The maximum absolute atomic E-state index is 12.3. The zero-order valence-corrected chi connectivity index (χ0v) is 15.9. The molecule has 2 rings (SSSR count). The summed E-state index contributed by atoms with van der Waals surface area (Å²) in [6, 6.07) is 10.9. The van der Waals surface area contributed by atoms with Crippen molar-refractivity contribution in [1.29, 1.82) is 0 Å². The first-order valence-electron chi connectivity index (χ1n) is 6.37. The predicted molar refractivity (Wildman–Crippen MR) is 91.8 cm³/mol. The largest absolute Gasteiger partial charge is 0.469 e. The van der Waals surface area contributed by atoms with E-state index in [1.54, 1.807) is 24.3 Å². The monoisotopic (exact) mass is 462 g/mol. The predicted octanol–water partition coefficient (Wildman–Crippen LogP) is 3.69. The van der Waals surface area contributed by atoms with Gasteiger partial charge in [0.15, 0.2) is 0 Å². The first-order valence-corrected chi connectivity index (χ1v) is 9.36. The highest BCUT2D eigenvalue weighted by atomic mass is 79.9. The summed E-state index contributed by atoms with van der Waals surface area (Å²) in [5.41, 5.74) is 0.700. The third-order valence-electron chi connectivity index (χ3n) is 2.87. The molecule has 0 saturated carbocycles. The van der Waals surface area contributed by atoms with Crippen LogP contribution in [0.1, 0.15) is 5.56 Å². The van der Waals surface area contributed by atoms with E-state index in [2.05, 4.69) is 36.6 Å². The van der Waals surface area contributed by atoms with Crippen LogP contribution < -0.4 is 4.18 Å². The van der Waals surface area contributed by atoms with Crippen LogP contribution >= 0.6 is 31.9 Å². The molecule has 23 heavy (non-hydrogen) atoms. The van der Waals surface area contributed by atoms with Gasteiger partial charge in [0.2, 0.25) is 0 Å². The van der Waals surface area contributed by atoms with Crippen molar-refractivity contribution >= 4 is 47.9 Å². The van der Waals surface area contributed by atoms with E-state index in [9.17, 15) is 13.2 Å². The number of esters is 1. The summed E-state index contributed by atoms with van der Waals surface area (Å²) < 4.78 is 35.4. The Morgan fingerprint density at radius 1 is 1.09 bits per heavy atom. The van der Waals surface area contributed by atoms with Gasteiger partial charge < -0.3 is 8.92 Å². The van der Waals surface area contributed by atoms with Crippen molar-refractivity contribution in [1.82, 2.24) is 0 Å². The molecular formula is C15H12Br2O5S. The van der Waals surface area contributed by atoms with E-state index in [-0.39, 0.29) is 23.0 Å². The van der Waals surface area contributed by atoms with Crippen molar-refractivity contribution in [3.8, 4) is 5.75 Å². The van der Waals surface area contributed by atoms with Gasteiger partial charge in [0, 0.05) is 8.95 Å². The number of carbonyl (C=O) groups is 1. The highest BCUT2D eigenvalue weighted by Crippen LogP contribution is 2.28. The fourth-order valence-corrected chi connectivity index (χ4v) is 4.38. The second-order valence-electron chi connectivity index (χ2n) is 4.51. The number of benzene rings is 2. The zero-order chi connectivity index (χ0) is 17.0. The third-order valence-corrected chi connectivity index (χ3v) is 5.59. The van der Waals surface area contributed by atoms with Crippen LogP contribution in [0.5, 0.6) is 5.75 Å². The second kappa shape index (κ2) is 7.46. The van der Waals surface area contributed by atoms with Crippen molar-refractivity contribution < 1.29 is 22.1 Å². The number of methoxy groups -OCH3 is 1. The van der Waals surface area contributed by atoms with E-state index in [4.69, 9.17) is 4.18 Å². The molecule has 5 nitrogen and oxygen atoms in total. The molecule has 0 atom stereocenters. The minimum Gasteiger partial charge on any atom is -0.469 e. The SMILES string of the molecule is COC(=O)Cc1ccc(OS(=O)(=O)c2ccc(Br)cc2Br)cc1. The Morgan fingerprint density at radius 3 is 2.30 bits per heavy atom. The molecular weight excluding hydrogens is 452 g/mol. The lowest BCUT2D eigenvalue weighted by molar-refractivity contribution is -0.139. The quantitative estimate of drug-likeness (QED) is 0.499. The normalized spacial score (nSPS) is 11.1. The molecule has 0 aliphatic rings. The van der Waals surface area contributed by atoms with Gasteiger partial charge in [-0.05, 0) is 51.8 Å². The van der Waals surface area contributed by atoms with Crippen LogP contribution in [-0.4, -0.2) is 21.5 Å². The lowest BCUT2D eigenvalue weighted by Gasteiger charge is -2.09. The molecule has 0 fully saturated rings. The van der Waals surface area contributed by atoms with E-state index in [1.807, 2.05) is 0 Å². The number of ether oxygens (including phenoxy) is 1. The minimum absolute atomic E-state index is 0.0272. The van der Waals surface area contributed by atoms with E-state index >= 15 is 0 Å². The number of hydrogen-bond donors (Lipinski definition) is 0. The van der Waals surface area contributed by atoms with Gasteiger partial charge in [-0.1, -0.05) is 28.1 Å². The van der Waals surface area contributed by atoms with Crippen LogP contribution in [0, 0.1) is 0 Å². The molecule has 0 N–H and O–H groups in total. The third kappa shape index (κ3) is 4.79. The smallest absolute Gasteiger partial charge is 0.340 e. The van der Waals surface area contributed by atoms with Gasteiger partial charge in [-0.3, -0.25) is 4.79 Å². The molecule has 122 valence electrons. The molecule has 0 aliphatic heterocycles. The molecule has 0 aliphatic carbocycles. The maximum atomic E-state index is 12.3. The van der Waals surface area contributed by atoms with Crippen molar-refractivity contribution in [2.24, 2.45) is 0 Å². The Bertz CT molecular complexity index is 816. The molecule has 0 unspecified atom stereocenters. The first-order chi connectivity index (χ1) is 10.8. The molecule has 2 aromatic carbocycles. The second-order valence-corrected chi connectivity index (χ2v) is 7.79. The number of halogens is 2. The van der Waals surface area contributed by atoms with Crippen molar-refractivity contribution in [2.75, 3.05) is 7.11 Å². The van der Waals surface area contributed by atoms with E-state index < -0.39 is 10.1 Å². The van der Waals surface area contributed by atoms with Crippen LogP contribution in [0.15, 0.2) is 56.3 Å². The summed E-state index contributed by atoms with van der Waals surface area (Å²) in [6.07, 6.45) is 0.113. The zero-order valence-electron chi connectivity index (χ0n) is 12.0. The van der Waals surface area contributed by atoms with Crippen LogP contribution in [0.3, 0.4) is 0 Å². The van der Waals surface area contributed by atoms with Gasteiger partial charge in [0.25, 0.3) is 0 Å². The summed E-state index contributed by atoms with van der Waals surface area (Å²) in [5.74, 6) is -0.210. The summed E-state index contributed by atoms with van der Waals surface area (Å²) in [5, 5.41) is 0. The van der Waals surface area contributed by atoms with Gasteiger partial charge in [-0.25, -0.2) is 0 Å².